The van der Waals surface area contributed by atoms with E-state index in [4.69, 9.17) is 5.73 Å². The second-order valence-corrected chi connectivity index (χ2v) is 5.72. The number of fused-ring (bicyclic) bond motifs is 1. The number of aromatic amines is 1. The summed E-state index contributed by atoms with van der Waals surface area (Å²) in [5.41, 5.74) is 8.89. The van der Waals surface area contributed by atoms with Crippen molar-refractivity contribution in [2.75, 3.05) is 5.73 Å². The number of nitrogens with two attached hydrogens (primary N) is 1. The fraction of sp³-hybridized carbons (Fsp3) is 0.400. The van der Waals surface area contributed by atoms with Gasteiger partial charge in [-0.25, -0.2) is 4.98 Å². The summed E-state index contributed by atoms with van der Waals surface area (Å²) in [6.45, 7) is 4.00. The van der Waals surface area contributed by atoms with E-state index in [1.807, 2.05) is 32.0 Å². The molecule has 6 nitrogen and oxygen atoms in total. The summed E-state index contributed by atoms with van der Waals surface area (Å²) in [4.78, 5) is 16.5. The van der Waals surface area contributed by atoms with Crippen LogP contribution in [0.5, 0.6) is 0 Å². The molecule has 3 rings (SSSR count). The van der Waals surface area contributed by atoms with Crippen molar-refractivity contribution in [2.45, 2.75) is 38.6 Å². The van der Waals surface area contributed by atoms with E-state index in [9.17, 15) is 4.79 Å². The molecule has 1 aliphatic rings. The van der Waals surface area contributed by atoms with E-state index < -0.39 is 0 Å². The number of benzene rings is 1. The Morgan fingerprint density at radius 1 is 1.48 bits per heavy atom. The van der Waals surface area contributed by atoms with Gasteiger partial charge in [0.25, 0.3) is 5.91 Å². The van der Waals surface area contributed by atoms with E-state index in [2.05, 4.69) is 20.5 Å². The predicted molar refractivity (Wildman–Crippen MR) is 79.9 cm³/mol. The monoisotopic (exact) mass is 285 g/mol. The third-order valence-corrected chi connectivity index (χ3v) is 3.80. The number of nitrogens with zero attached hydrogens (tertiary/aromatic N) is 2. The van der Waals surface area contributed by atoms with E-state index >= 15 is 0 Å². The third-order valence-electron chi connectivity index (χ3n) is 3.80. The molecule has 0 aliphatic heterocycles. The molecule has 0 bridgehead atoms. The normalized spacial score (nSPS) is 17.0. The number of H-pyrrole nitrogens is 1. The first kappa shape index (κ1) is 13.6. The summed E-state index contributed by atoms with van der Waals surface area (Å²) in [5.74, 6) is 0.893. The van der Waals surface area contributed by atoms with Crippen LogP contribution in [0.2, 0.25) is 0 Å². The van der Waals surface area contributed by atoms with E-state index in [1.165, 1.54) is 5.56 Å². The van der Waals surface area contributed by atoms with Crippen molar-refractivity contribution in [3.63, 3.8) is 0 Å². The number of amides is 1. The van der Waals surface area contributed by atoms with Crippen molar-refractivity contribution < 1.29 is 4.79 Å². The number of aryl methyl sites for hydroxylation is 1. The van der Waals surface area contributed by atoms with Crippen LogP contribution in [0.1, 0.15) is 59.8 Å². The van der Waals surface area contributed by atoms with Gasteiger partial charge in [0, 0.05) is 11.6 Å². The van der Waals surface area contributed by atoms with Gasteiger partial charge in [0.2, 0.25) is 5.82 Å². The number of carbonyl (C=O) groups is 1. The first-order valence-electron chi connectivity index (χ1n) is 7.16. The molecule has 0 fully saturated rings. The molecule has 4 N–H and O–H groups in total. The molecule has 110 valence electrons. The number of anilines is 1. The molecule has 21 heavy (non-hydrogen) atoms. The molecule has 0 saturated heterocycles. The standard InChI is InChI=1S/C15H19N5O/c1-8(2)13-18-14(20-19-13)15(21)17-12-6-3-9-7-10(16)4-5-11(9)12/h4-5,7-8,12H,3,6,16H2,1-2H3,(H,17,21)(H,18,19,20). The minimum atomic E-state index is -0.243. The topological polar surface area (TPSA) is 96.7 Å². The molecule has 2 aromatic rings. The Morgan fingerprint density at radius 2 is 2.29 bits per heavy atom. The van der Waals surface area contributed by atoms with Crippen molar-refractivity contribution in [2.24, 2.45) is 0 Å². The van der Waals surface area contributed by atoms with Crippen LogP contribution < -0.4 is 11.1 Å². The van der Waals surface area contributed by atoms with Gasteiger partial charge in [0.15, 0.2) is 0 Å². The molecule has 0 saturated carbocycles. The molecule has 1 aliphatic carbocycles. The zero-order chi connectivity index (χ0) is 15.0. The van der Waals surface area contributed by atoms with Crippen LogP contribution in [0.3, 0.4) is 0 Å². The van der Waals surface area contributed by atoms with Crippen LogP contribution in [0.4, 0.5) is 5.69 Å². The Labute approximate surface area is 123 Å². The van der Waals surface area contributed by atoms with Crippen LogP contribution in [-0.2, 0) is 6.42 Å². The molecule has 0 radical (unpaired) electrons. The van der Waals surface area contributed by atoms with Crippen LogP contribution in [0.25, 0.3) is 0 Å². The van der Waals surface area contributed by atoms with Crippen molar-refractivity contribution >= 4 is 11.6 Å². The van der Waals surface area contributed by atoms with Crippen LogP contribution in [-0.4, -0.2) is 21.1 Å². The Balaban J connectivity index is 1.74. The number of hydrogen-bond acceptors (Lipinski definition) is 4. The van der Waals surface area contributed by atoms with Crippen molar-refractivity contribution in [3.8, 4) is 0 Å². The number of nitrogens with one attached hydrogen (secondary N) is 2. The number of rotatable bonds is 3. The van der Waals surface area contributed by atoms with Gasteiger partial charge in [-0.1, -0.05) is 19.9 Å². The Morgan fingerprint density at radius 3 is 3.00 bits per heavy atom. The number of hydrogen-bond donors (Lipinski definition) is 3. The highest BCUT2D eigenvalue weighted by atomic mass is 16.2. The van der Waals surface area contributed by atoms with E-state index in [0.717, 1.165) is 29.9 Å². The van der Waals surface area contributed by atoms with Gasteiger partial charge in [-0.15, -0.1) is 5.10 Å². The highest BCUT2D eigenvalue weighted by Gasteiger charge is 2.25. The lowest BCUT2D eigenvalue weighted by atomic mass is 10.1. The largest absolute Gasteiger partial charge is 0.399 e. The maximum Gasteiger partial charge on any atom is 0.291 e. The lowest BCUT2D eigenvalue weighted by Crippen LogP contribution is -2.28. The molecule has 0 spiro atoms. The van der Waals surface area contributed by atoms with Crippen LogP contribution >= 0.6 is 0 Å². The molecule has 6 heteroatoms. The Kier molecular flexibility index (Phi) is 3.37. The average molecular weight is 285 g/mol. The minimum Gasteiger partial charge on any atom is -0.399 e. The van der Waals surface area contributed by atoms with Gasteiger partial charge in [-0.05, 0) is 36.1 Å². The summed E-state index contributed by atoms with van der Waals surface area (Å²) in [5, 5.41) is 9.78. The van der Waals surface area contributed by atoms with Gasteiger partial charge in [0.05, 0.1) is 6.04 Å². The molecule has 1 aromatic carbocycles. The Bertz CT molecular complexity index is 676. The van der Waals surface area contributed by atoms with E-state index in [1.54, 1.807) is 0 Å². The summed E-state index contributed by atoms with van der Waals surface area (Å²) in [6.07, 6.45) is 1.81. The SMILES string of the molecule is CC(C)c1nc(C(=O)NC2CCc3cc(N)ccc32)n[nH]1. The smallest absolute Gasteiger partial charge is 0.291 e. The Hall–Kier alpha value is -2.37. The summed E-state index contributed by atoms with van der Waals surface area (Å²) >= 11 is 0. The first-order valence-corrected chi connectivity index (χ1v) is 7.16. The molecular weight excluding hydrogens is 266 g/mol. The van der Waals surface area contributed by atoms with E-state index in [-0.39, 0.29) is 23.7 Å². The highest BCUT2D eigenvalue weighted by Crippen LogP contribution is 2.32. The number of nitrogen functional groups attached to an aromatic ring is 1. The van der Waals surface area contributed by atoms with Crippen molar-refractivity contribution in [3.05, 3.63) is 41.0 Å². The second-order valence-electron chi connectivity index (χ2n) is 5.72. The number of aromatic nitrogens is 3. The zero-order valence-corrected chi connectivity index (χ0v) is 12.2. The fourth-order valence-corrected chi connectivity index (χ4v) is 2.64. The quantitative estimate of drug-likeness (QED) is 0.751. The molecule has 1 heterocycles. The van der Waals surface area contributed by atoms with Gasteiger partial charge < -0.3 is 11.1 Å². The lowest BCUT2D eigenvalue weighted by Gasteiger charge is -2.12. The minimum absolute atomic E-state index is 0.00843. The van der Waals surface area contributed by atoms with Crippen LogP contribution in [0.15, 0.2) is 18.2 Å². The van der Waals surface area contributed by atoms with Crippen LogP contribution in [0, 0.1) is 0 Å². The number of carbonyl (C=O) groups excluding carboxylic acids is 1. The molecule has 1 unspecified atom stereocenters. The third kappa shape index (κ3) is 2.61. The van der Waals surface area contributed by atoms with Crippen molar-refractivity contribution in [1.82, 2.24) is 20.5 Å². The maximum absolute atomic E-state index is 12.2. The first-order chi connectivity index (χ1) is 10.0. The molecule has 1 atom stereocenters. The van der Waals surface area contributed by atoms with Gasteiger partial charge in [0.1, 0.15) is 5.82 Å². The summed E-state index contributed by atoms with van der Waals surface area (Å²) in [6, 6.07) is 5.84. The van der Waals surface area contributed by atoms with Crippen molar-refractivity contribution in [1.29, 1.82) is 0 Å². The summed E-state index contributed by atoms with van der Waals surface area (Å²) < 4.78 is 0. The van der Waals surface area contributed by atoms with Gasteiger partial charge in [-0.3, -0.25) is 9.89 Å². The summed E-state index contributed by atoms with van der Waals surface area (Å²) in [7, 11) is 0. The molecule has 1 amide bonds. The second kappa shape index (κ2) is 5.20. The molecular formula is C15H19N5O. The predicted octanol–water partition coefficient (Wildman–Crippen LogP) is 1.93. The zero-order valence-electron chi connectivity index (χ0n) is 12.2. The van der Waals surface area contributed by atoms with E-state index in [0.29, 0.717) is 0 Å². The average Bonchev–Trinajstić information content (AvgIpc) is 3.06. The fourth-order valence-electron chi connectivity index (χ4n) is 2.64. The van der Waals surface area contributed by atoms with Gasteiger partial charge in [-0.2, -0.15) is 0 Å². The maximum atomic E-state index is 12.2. The van der Waals surface area contributed by atoms with Gasteiger partial charge >= 0.3 is 0 Å². The lowest BCUT2D eigenvalue weighted by molar-refractivity contribution is 0.0926. The molecule has 1 aromatic heterocycles. The highest BCUT2D eigenvalue weighted by molar-refractivity contribution is 5.90.